The number of nitrogens with two attached hydrogens (primary N) is 1. The zero-order valence-electron chi connectivity index (χ0n) is 9.65. The molecule has 2 rings (SSSR count). The number of fused-ring (bicyclic) bond motifs is 1. The number of rotatable bonds is 4. The fraction of sp³-hybridized carbons (Fsp3) is 0.154. The van der Waals surface area contributed by atoms with Gasteiger partial charge in [-0.3, -0.25) is 4.98 Å². The number of oxime groups is 1. The lowest BCUT2D eigenvalue weighted by Crippen LogP contribution is -2.04. The Kier molecular flexibility index (Phi) is 3.52. The molecule has 2 aromatic rings. The summed E-state index contributed by atoms with van der Waals surface area (Å²) in [7, 11) is 0. The molecular formula is C13H13N3O2. The minimum Gasteiger partial charge on any atom is -0.411 e. The van der Waals surface area contributed by atoms with Crippen LogP contribution in [0.2, 0.25) is 0 Å². The number of benzene rings is 1. The molecule has 0 aliphatic carbocycles. The van der Waals surface area contributed by atoms with Crippen LogP contribution in [0.15, 0.2) is 35.5 Å². The number of aldehydes is 1. The summed E-state index contributed by atoms with van der Waals surface area (Å²) < 4.78 is 0. The Hall–Kier alpha value is -2.43. The van der Waals surface area contributed by atoms with Crippen LogP contribution >= 0.6 is 0 Å². The Bertz CT molecular complexity index is 596. The van der Waals surface area contributed by atoms with Crippen molar-refractivity contribution in [3.63, 3.8) is 0 Å². The molecule has 1 aromatic heterocycles. The van der Waals surface area contributed by atoms with E-state index in [9.17, 15) is 4.79 Å². The van der Waals surface area contributed by atoms with E-state index in [0.717, 1.165) is 17.2 Å². The second-order valence-electron chi connectivity index (χ2n) is 3.96. The number of hydrogen-bond acceptors (Lipinski definition) is 5. The van der Waals surface area contributed by atoms with Gasteiger partial charge in [-0.05, 0) is 24.3 Å². The highest BCUT2D eigenvalue weighted by Gasteiger charge is 2.11. The number of aromatic nitrogens is 1. The topological polar surface area (TPSA) is 88.6 Å². The van der Waals surface area contributed by atoms with Crippen molar-refractivity contribution in [2.75, 3.05) is 5.73 Å². The average Bonchev–Trinajstić information content (AvgIpc) is 2.39. The Labute approximate surface area is 104 Å². The standard InChI is InChI=1S/C13H13N3O2/c14-11-2-4-12-9(7-11)1-3-13(16-12)10(8-17)5-6-15-18/h1-4,6-8,10,18H,5,14H2. The van der Waals surface area contributed by atoms with Gasteiger partial charge in [0.25, 0.3) is 0 Å². The van der Waals surface area contributed by atoms with Crippen LogP contribution in [0.1, 0.15) is 18.0 Å². The van der Waals surface area contributed by atoms with Crippen LogP contribution in [0, 0.1) is 0 Å². The van der Waals surface area contributed by atoms with Crippen LogP contribution in [0.25, 0.3) is 10.9 Å². The first-order valence-electron chi connectivity index (χ1n) is 5.52. The van der Waals surface area contributed by atoms with Crippen LogP contribution in [0.4, 0.5) is 5.69 Å². The van der Waals surface area contributed by atoms with Crippen molar-refractivity contribution >= 4 is 29.1 Å². The number of pyridine rings is 1. The van der Waals surface area contributed by atoms with Gasteiger partial charge in [-0.15, -0.1) is 5.16 Å². The van der Waals surface area contributed by atoms with Gasteiger partial charge in [0, 0.05) is 23.7 Å². The van der Waals surface area contributed by atoms with Gasteiger partial charge >= 0.3 is 0 Å². The molecule has 0 spiro atoms. The second-order valence-corrected chi connectivity index (χ2v) is 3.96. The maximum atomic E-state index is 11.0. The summed E-state index contributed by atoms with van der Waals surface area (Å²) in [5.41, 5.74) is 7.80. The highest BCUT2D eigenvalue weighted by atomic mass is 16.4. The van der Waals surface area contributed by atoms with E-state index < -0.39 is 5.92 Å². The summed E-state index contributed by atoms with van der Waals surface area (Å²) >= 11 is 0. The fourth-order valence-electron chi connectivity index (χ4n) is 1.77. The van der Waals surface area contributed by atoms with Crippen molar-refractivity contribution in [1.82, 2.24) is 4.98 Å². The molecule has 5 nitrogen and oxygen atoms in total. The molecule has 5 heteroatoms. The number of anilines is 1. The van der Waals surface area contributed by atoms with E-state index in [1.165, 1.54) is 6.21 Å². The molecule has 0 amide bonds. The Morgan fingerprint density at radius 1 is 1.39 bits per heavy atom. The van der Waals surface area contributed by atoms with E-state index in [2.05, 4.69) is 10.1 Å². The molecule has 1 unspecified atom stereocenters. The Morgan fingerprint density at radius 3 is 2.94 bits per heavy atom. The normalized spacial score (nSPS) is 12.9. The molecule has 18 heavy (non-hydrogen) atoms. The minimum absolute atomic E-state index is 0.327. The first kappa shape index (κ1) is 12.0. The lowest BCUT2D eigenvalue weighted by atomic mass is 10.0. The smallest absolute Gasteiger partial charge is 0.129 e. The summed E-state index contributed by atoms with van der Waals surface area (Å²) in [5.74, 6) is -0.400. The summed E-state index contributed by atoms with van der Waals surface area (Å²) in [5, 5.41) is 12.2. The van der Waals surface area contributed by atoms with E-state index >= 15 is 0 Å². The van der Waals surface area contributed by atoms with Gasteiger partial charge < -0.3 is 15.7 Å². The monoisotopic (exact) mass is 243 g/mol. The largest absolute Gasteiger partial charge is 0.411 e. The fourth-order valence-corrected chi connectivity index (χ4v) is 1.77. The van der Waals surface area contributed by atoms with E-state index in [0.29, 0.717) is 17.8 Å². The quantitative estimate of drug-likeness (QED) is 0.282. The minimum atomic E-state index is -0.400. The number of carbonyl (C=O) groups is 1. The SMILES string of the molecule is Nc1ccc2nc(C(C=O)CC=NO)ccc2c1. The molecule has 1 heterocycles. The van der Waals surface area contributed by atoms with Crippen molar-refractivity contribution in [3.05, 3.63) is 36.0 Å². The Balaban J connectivity index is 2.39. The molecule has 0 saturated heterocycles. The van der Waals surface area contributed by atoms with E-state index in [1.807, 2.05) is 18.2 Å². The number of hydrogen-bond donors (Lipinski definition) is 2. The summed E-state index contributed by atoms with van der Waals surface area (Å²) in [4.78, 5) is 15.4. The molecule has 0 aliphatic rings. The van der Waals surface area contributed by atoms with Crippen LogP contribution in [-0.2, 0) is 4.79 Å². The Morgan fingerprint density at radius 2 is 2.22 bits per heavy atom. The van der Waals surface area contributed by atoms with Gasteiger partial charge in [0.1, 0.15) is 6.29 Å². The van der Waals surface area contributed by atoms with E-state index in [1.54, 1.807) is 12.1 Å². The first-order valence-corrected chi connectivity index (χ1v) is 5.52. The average molecular weight is 243 g/mol. The van der Waals surface area contributed by atoms with Crippen molar-refractivity contribution < 1.29 is 10.0 Å². The molecule has 1 aromatic carbocycles. The molecular weight excluding hydrogens is 230 g/mol. The summed E-state index contributed by atoms with van der Waals surface area (Å²) in [6.07, 6.45) is 2.41. The second kappa shape index (κ2) is 5.27. The number of nitrogen functional groups attached to an aromatic ring is 1. The van der Waals surface area contributed by atoms with Crippen LogP contribution in [0.5, 0.6) is 0 Å². The van der Waals surface area contributed by atoms with Gasteiger partial charge in [0.2, 0.25) is 0 Å². The summed E-state index contributed by atoms with van der Waals surface area (Å²) in [6, 6.07) is 9.07. The third kappa shape index (κ3) is 2.45. The summed E-state index contributed by atoms with van der Waals surface area (Å²) in [6.45, 7) is 0. The van der Waals surface area contributed by atoms with Crippen molar-refractivity contribution in [1.29, 1.82) is 0 Å². The predicted octanol–water partition coefficient (Wildman–Crippen LogP) is 1.95. The van der Waals surface area contributed by atoms with Crippen molar-refractivity contribution in [2.24, 2.45) is 5.16 Å². The number of nitrogens with zero attached hydrogens (tertiary/aromatic N) is 2. The molecule has 0 fully saturated rings. The molecule has 1 atom stereocenters. The van der Waals surface area contributed by atoms with Crippen LogP contribution < -0.4 is 5.73 Å². The van der Waals surface area contributed by atoms with E-state index in [-0.39, 0.29) is 0 Å². The zero-order valence-corrected chi connectivity index (χ0v) is 9.65. The third-order valence-corrected chi connectivity index (χ3v) is 2.72. The third-order valence-electron chi connectivity index (χ3n) is 2.72. The van der Waals surface area contributed by atoms with Gasteiger partial charge in [-0.2, -0.15) is 0 Å². The molecule has 0 radical (unpaired) electrons. The predicted molar refractivity (Wildman–Crippen MR) is 69.9 cm³/mol. The molecule has 0 saturated carbocycles. The lowest BCUT2D eigenvalue weighted by Gasteiger charge is -2.08. The van der Waals surface area contributed by atoms with E-state index in [4.69, 9.17) is 10.9 Å². The van der Waals surface area contributed by atoms with Gasteiger partial charge in [0.05, 0.1) is 17.1 Å². The van der Waals surface area contributed by atoms with Gasteiger partial charge in [-0.1, -0.05) is 6.07 Å². The zero-order chi connectivity index (χ0) is 13.0. The number of carbonyl (C=O) groups excluding carboxylic acids is 1. The van der Waals surface area contributed by atoms with Crippen LogP contribution in [-0.4, -0.2) is 22.7 Å². The van der Waals surface area contributed by atoms with Gasteiger partial charge in [-0.25, -0.2) is 0 Å². The van der Waals surface area contributed by atoms with Crippen molar-refractivity contribution in [2.45, 2.75) is 12.3 Å². The first-order chi connectivity index (χ1) is 8.74. The highest BCUT2D eigenvalue weighted by Crippen LogP contribution is 2.20. The molecule has 0 aliphatic heterocycles. The van der Waals surface area contributed by atoms with Gasteiger partial charge in [0.15, 0.2) is 0 Å². The molecule has 92 valence electrons. The molecule has 0 bridgehead atoms. The highest BCUT2D eigenvalue weighted by molar-refractivity contribution is 5.82. The maximum Gasteiger partial charge on any atom is 0.129 e. The van der Waals surface area contributed by atoms with Crippen molar-refractivity contribution in [3.8, 4) is 0 Å². The lowest BCUT2D eigenvalue weighted by molar-refractivity contribution is -0.109. The van der Waals surface area contributed by atoms with Crippen LogP contribution in [0.3, 0.4) is 0 Å². The maximum absolute atomic E-state index is 11.0. The molecule has 3 N–H and O–H groups in total.